The summed E-state index contributed by atoms with van der Waals surface area (Å²) in [6.07, 6.45) is 4.16. The van der Waals surface area contributed by atoms with E-state index in [2.05, 4.69) is 33.0 Å². The Labute approximate surface area is 82.3 Å². The summed E-state index contributed by atoms with van der Waals surface area (Å²) in [5.41, 5.74) is 0.621. The fourth-order valence-electron chi connectivity index (χ4n) is 2.95. The van der Waals surface area contributed by atoms with Gasteiger partial charge in [0, 0.05) is 12.1 Å². The lowest BCUT2D eigenvalue weighted by Crippen LogP contribution is -2.56. The number of hydrogen-bond acceptors (Lipinski definition) is 1. The molecule has 3 unspecified atom stereocenters. The molecule has 0 radical (unpaired) electrons. The van der Waals surface area contributed by atoms with Crippen molar-refractivity contribution < 1.29 is 0 Å². The van der Waals surface area contributed by atoms with Crippen LogP contribution in [0.3, 0.4) is 0 Å². The fourth-order valence-corrected chi connectivity index (χ4v) is 2.95. The number of nitrogens with one attached hydrogen (secondary N) is 1. The minimum absolute atomic E-state index is 0.621. The van der Waals surface area contributed by atoms with Gasteiger partial charge < -0.3 is 5.32 Å². The smallest absolute Gasteiger partial charge is 0.0100 e. The molecule has 0 aromatic carbocycles. The summed E-state index contributed by atoms with van der Waals surface area (Å²) in [6, 6.07) is 1.66. The maximum Gasteiger partial charge on any atom is 0.0100 e. The molecule has 0 bridgehead atoms. The molecule has 0 saturated heterocycles. The zero-order valence-corrected chi connectivity index (χ0v) is 9.43. The Bertz CT molecular complexity index is 189. The molecule has 2 rings (SSSR count). The van der Waals surface area contributed by atoms with Crippen molar-refractivity contribution in [1.82, 2.24) is 5.32 Å². The molecular weight excluding hydrogens is 158 g/mol. The largest absolute Gasteiger partial charge is 0.311 e. The summed E-state index contributed by atoms with van der Waals surface area (Å²) >= 11 is 0. The van der Waals surface area contributed by atoms with E-state index >= 15 is 0 Å². The molecular formula is C12H23N. The van der Waals surface area contributed by atoms with Crippen LogP contribution in [0.25, 0.3) is 0 Å². The molecule has 2 saturated carbocycles. The van der Waals surface area contributed by atoms with Gasteiger partial charge in [-0.25, -0.2) is 0 Å². The zero-order chi connectivity index (χ0) is 9.64. The molecule has 1 N–H and O–H groups in total. The van der Waals surface area contributed by atoms with E-state index in [1.54, 1.807) is 0 Å². The predicted molar refractivity (Wildman–Crippen MR) is 56.7 cm³/mol. The minimum Gasteiger partial charge on any atom is -0.311 e. The lowest BCUT2D eigenvalue weighted by Gasteiger charge is -2.50. The Balaban J connectivity index is 1.70. The van der Waals surface area contributed by atoms with E-state index in [4.69, 9.17) is 0 Å². The first-order valence-electron chi connectivity index (χ1n) is 5.74. The first-order valence-corrected chi connectivity index (χ1v) is 5.74. The van der Waals surface area contributed by atoms with E-state index < -0.39 is 0 Å². The van der Waals surface area contributed by atoms with Gasteiger partial charge in [0.05, 0.1) is 0 Å². The van der Waals surface area contributed by atoms with Gasteiger partial charge in [-0.3, -0.25) is 0 Å². The van der Waals surface area contributed by atoms with Crippen LogP contribution in [0.5, 0.6) is 0 Å². The van der Waals surface area contributed by atoms with Crippen molar-refractivity contribution in [3.8, 4) is 0 Å². The summed E-state index contributed by atoms with van der Waals surface area (Å²) in [5.74, 6) is 1.86. The van der Waals surface area contributed by atoms with Crippen LogP contribution in [0, 0.1) is 17.3 Å². The summed E-state index contributed by atoms with van der Waals surface area (Å²) in [4.78, 5) is 0. The van der Waals surface area contributed by atoms with Crippen molar-refractivity contribution in [3.05, 3.63) is 0 Å². The molecule has 2 aliphatic rings. The zero-order valence-electron chi connectivity index (χ0n) is 9.43. The van der Waals surface area contributed by atoms with Gasteiger partial charge in [0.15, 0.2) is 0 Å². The molecule has 0 amide bonds. The molecule has 0 spiro atoms. The summed E-state index contributed by atoms with van der Waals surface area (Å²) in [5, 5.41) is 3.79. The van der Waals surface area contributed by atoms with E-state index in [-0.39, 0.29) is 0 Å². The highest BCUT2D eigenvalue weighted by Crippen LogP contribution is 2.42. The predicted octanol–water partition coefficient (Wildman–Crippen LogP) is 2.81. The van der Waals surface area contributed by atoms with Crippen LogP contribution in [-0.2, 0) is 0 Å². The Morgan fingerprint density at radius 1 is 1.15 bits per heavy atom. The van der Waals surface area contributed by atoms with Gasteiger partial charge in [-0.2, -0.15) is 0 Å². The highest BCUT2D eigenvalue weighted by atomic mass is 15.0. The van der Waals surface area contributed by atoms with Crippen LogP contribution in [0.15, 0.2) is 0 Å². The third-order valence-corrected chi connectivity index (χ3v) is 4.21. The second kappa shape index (κ2) is 2.98. The molecule has 0 heterocycles. The Morgan fingerprint density at radius 3 is 2.15 bits per heavy atom. The van der Waals surface area contributed by atoms with E-state index in [9.17, 15) is 0 Å². The van der Waals surface area contributed by atoms with Gasteiger partial charge in [-0.1, -0.05) is 27.7 Å². The molecule has 1 heteroatoms. The van der Waals surface area contributed by atoms with Crippen LogP contribution in [0.4, 0.5) is 0 Å². The number of hydrogen-bond donors (Lipinski definition) is 1. The Hall–Kier alpha value is -0.0400. The standard InChI is InChI=1S/C12H23N/c1-8-5-11(9(8)2)13-10-6-12(3,4)7-10/h8-11,13H,5-7H2,1-4H3. The molecule has 3 atom stereocenters. The second-order valence-electron chi connectivity index (χ2n) is 6.11. The van der Waals surface area contributed by atoms with E-state index in [1.807, 2.05) is 0 Å². The van der Waals surface area contributed by atoms with Crippen molar-refractivity contribution >= 4 is 0 Å². The highest BCUT2D eigenvalue weighted by molar-refractivity contribution is 4.97. The molecule has 2 aliphatic carbocycles. The van der Waals surface area contributed by atoms with Gasteiger partial charge in [0.1, 0.15) is 0 Å². The maximum absolute atomic E-state index is 3.79. The topological polar surface area (TPSA) is 12.0 Å². The number of rotatable bonds is 2. The van der Waals surface area contributed by atoms with Crippen molar-refractivity contribution in [1.29, 1.82) is 0 Å². The summed E-state index contributed by atoms with van der Waals surface area (Å²) in [7, 11) is 0. The van der Waals surface area contributed by atoms with E-state index in [0.717, 1.165) is 23.9 Å². The third kappa shape index (κ3) is 1.76. The molecule has 13 heavy (non-hydrogen) atoms. The van der Waals surface area contributed by atoms with Gasteiger partial charge in [0.25, 0.3) is 0 Å². The van der Waals surface area contributed by atoms with E-state index in [1.165, 1.54) is 19.3 Å². The van der Waals surface area contributed by atoms with E-state index in [0.29, 0.717) is 5.41 Å². The fraction of sp³-hybridized carbons (Fsp3) is 1.00. The van der Waals surface area contributed by atoms with Crippen molar-refractivity contribution in [2.24, 2.45) is 17.3 Å². The quantitative estimate of drug-likeness (QED) is 0.690. The highest BCUT2D eigenvalue weighted by Gasteiger charge is 2.41. The average molecular weight is 181 g/mol. The average Bonchev–Trinajstić information content (AvgIpc) is 2.00. The lowest BCUT2D eigenvalue weighted by molar-refractivity contribution is 0.0608. The first kappa shape index (κ1) is 9.51. The molecule has 0 aliphatic heterocycles. The third-order valence-electron chi connectivity index (χ3n) is 4.21. The first-order chi connectivity index (χ1) is 5.98. The molecule has 76 valence electrons. The minimum atomic E-state index is 0.621. The lowest BCUT2D eigenvalue weighted by atomic mass is 9.66. The van der Waals surface area contributed by atoms with Gasteiger partial charge in [0.2, 0.25) is 0 Å². The normalized spacial score (nSPS) is 43.8. The molecule has 0 aromatic heterocycles. The maximum atomic E-state index is 3.79. The van der Waals surface area contributed by atoms with Crippen LogP contribution in [-0.4, -0.2) is 12.1 Å². The van der Waals surface area contributed by atoms with Crippen molar-refractivity contribution in [2.75, 3.05) is 0 Å². The Kier molecular flexibility index (Phi) is 2.18. The van der Waals surface area contributed by atoms with Gasteiger partial charge in [-0.05, 0) is 36.5 Å². The molecule has 1 nitrogen and oxygen atoms in total. The van der Waals surface area contributed by atoms with Crippen LogP contribution < -0.4 is 5.32 Å². The van der Waals surface area contributed by atoms with Crippen LogP contribution in [0.1, 0.15) is 47.0 Å². The van der Waals surface area contributed by atoms with Crippen molar-refractivity contribution in [3.63, 3.8) is 0 Å². The summed E-state index contributed by atoms with van der Waals surface area (Å²) < 4.78 is 0. The Morgan fingerprint density at radius 2 is 1.77 bits per heavy atom. The van der Waals surface area contributed by atoms with Gasteiger partial charge >= 0.3 is 0 Å². The summed E-state index contributed by atoms with van der Waals surface area (Å²) in [6.45, 7) is 9.50. The second-order valence-corrected chi connectivity index (χ2v) is 6.11. The van der Waals surface area contributed by atoms with Gasteiger partial charge in [-0.15, -0.1) is 0 Å². The van der Waals surface area contributed by atoms with Crippen molar-refractivity contribution in [2.45, 2.75) is 59.0 Å². The molecule has 0 aromatic rings. The SMILES string of the molecule is CC1CC(NC2CC(C)(C)C2)C1C. The van der Waals surface area contributed by atoms with Crippen LogP contribution in [0.2, 0.25) is 0 Å². The van der Waals surface area contributed by atoms with Crippen LogP contribution >= 0.6 is 0 Å². The molecule has 2 fully saturated rings. The monoisotopic (exact) mass is 181 g/mol.